The number of rotatable bonds is 4. The summed E-state index contributed by atoms with van der Waals surface area (Å²) in [7, 11) is 0. The summed E-state index contributed by atoms with van der Waals surface area (Å²) in [6.07, 6.45) is 3.84. The van der Waals surface area contributed by atoms with Crippen molar-refractivity contribution in [3.63, 3.8) is 0 Å². The van der Waals surface area contributed by atoms with Crippen molar-refractivity contribution in [1.82, 2.24) is 10.3 Å². The number of pyridine rings is 1. The Labute approximate surface area is 113 Å². The smallest absolute Gasteiger partial charge is 0.305 e. The molecule has 0 aliphatic heterocycles. The van der Waals surface area contributed by atoms with Crippen LogP contribution in [0.15, 0.2) is 22.8 Å². The van der Waals surface area contributed by atoms with Crippen LogP contribution in [0.5, 0.6) is 0 Å². The summed E-state index contributed by atoms with van der Waals surface area (Å²) in [4.78, 5) is 26.9. The lowest BCUT2D eigenvalue weighted by atomic mass is 9.74. The van der Waals surface area contributed by atoms with E-state index in [0.717, 1.165) is 6.42 Å². The molecule has 0 radical (unpaired) electrons. The monoisotopic (exact) mass is 312 g/mol. The zero-order valence-electron chi connectivity index (χ0n) is 9.65. The molecule has 1 aliphatic carbocycles. The topological polar surface area (TPSA) is 79.3 Å². The molecular formula is C12H13BrN2O3. The lowest BCUT2D eigenvalue weighted by Crippen LogP contribution is -2.54. The maximum absolute atomic E-state index is 12.1. The lowest BCUT2D eigenvalue weighted by Gasteiger charge is -2.41. The number of nitrogens with one attached hydrogen (secondary N) is 1. The molecule has 18 heavy (non-hydrogen) atoms. The van der Waals surface area contributed by atoms with E-state index >= 15 is 0 Å². The molecule has 96 valence electrons. The van der Waals surface area contributed by atoms with E-state index in [1.165, 1.54) is 6.20 Å². The lowest BCUT2D eigenvalue weighted by molar-refractivity contribution is -0.139. The van der Waals surface area contributed by atoms with Gasteiger partial charge in [-0.15, -0.1) is 0 Å². The number of nitrogens with zero attached hydrogens (tertiary/aromatic N) is 1. The number of carboxylic acid groups (broad SMARTS) is 1. The van der Waals surface area contributed by atoms with Gasteiger partial charge in [0.25, 0.3) is 5.91 Å². The van der Waals surface area contributed by atoms with E-state index in [4.69, 9.17) is 5.11 Å². The summed E-state index contributed by atoms with van der Waals surface area (Å²) in [5.74, 6) is -1.22. The van der Waals surface area contributed by atoms with Gasteiger partial charge in [-0.25, -0.2) is 4.98 Å². The molecule has 1 saturated carbocycles. The highest BCUT2D eigenvalue weighted by atomic mass is 79.9. The molecule has 0 bridgehead atoms. The zero-order chi connectivity index (χ0) is 13.2. The quantitative estimate of drug-likeness (QED) is 0.891. The van der Waals surface area contributed by atoms with Crippen molar-refractivity contribution in [1.29, 1.82) is 0 Å². The largest absolute Gasteiger partial charge is 0.481 e. The first-order valence-corrected chi connectivity index (χ1v) is 6.47. The Morgan fingerprint density at radius 2 is 2.22 bits per heavy atom. The molecule has 0 saturated heterocycles. The van der Waals surface area contributed by atoms with E-state index in [1.807, 2.05) is 0 Å². The van der Waals surface area contributed by atoms with Crippen molar-refractivity contribution < 1.29 is 14.7 Å². The fourth-order valence-corrected chi connectivity index (χ4v) is 2.53. The summed E-state index contributed by atoms with van der Waals surface area (Å²) < 4.78 is 0.604. The molecule has 1 heterocycles. The first kappa shape index (κ1) is 13.0. The molecule has 6 heteroatoms. The van der Waals surface area contributed by atoms with E-state index < -0.39 is 11.5 Å². The average Bonchev–Trinajstić information content (AvgIpc) is 2.25. The van der Waals surface area contributed by atoms with Crippen LogP contribution in [-0.4, -0.2) is 27.5 Å². The van der Waals surface area contributed by atoms with Crippen LogP contribution in [0, 0.1) is 0 Å². The van der Waals surface area contributed by atoms with Gasteiger partial charge in [-0.05, 0) is 47.3 Å². The molecule has 0 spiro atoms. The fraction of sp³-hybridized carbons (Fsp3) is 0.417. The van der Waals surface area contributed by atoms with Gasteiger partial charge in [-0.3, -0.25) is 9.59 Å². The normalized spacial score (nSPS) is 16.7. The first-order chi connectivity index (χ1) is 8.52. The second-order valence-electron chi connectivity index (χ2n) is 4.49. The highest BCUT2D eigenvalue weighted by molar-refractivity contribution is 9.10. The third kappa shape index (κ3) is 2.69. The van der Waals surface area contributed by atoms with Crippen molar-refractivity contribution >= 4 is 27.8 Å². The Kier molecular flexibility index (Phi) is 3.65. The molecule has 2 rings (SSSR count). The Morgan fingerprint density at radius 3 is 2.72 bits per heavy atom. The Balaban J connectivity index is 2.11. The number of halogens is 1. The molecule has 0 atom stereocenters. The van der Waals surface area contributed by atoms with Gasteiger partial charge in [-0.1, -0.05) is 0 Å². The van der Waals surface area contributed by atoms with Gasteiger partial charge in [0.15, 0.2) is 0 Å². The van der Waals surface area contributed by atoms with Gasteiger partial charge in [0.05, 0.1) is 12.0 Å². The standard InChI is InChI=1S/C12H13BrN2O3/c13-8-3-1-6-14-10(8)11(18)15-12(4-2-5-12)7-9(16)17/h1,3,6H,2,4-5,7H2,(H,15,18)(H,16,17). The first-order valence-electron chi connectivity index (χ1n) is 5.67. The minimum atomic E-state index is -0.893. The van der Waals surface area contributed by atoms with Crippen molar-refractivity contribution in [3.05, 3.63) is 28.5 Å². The molecule has 1 aromatic heterocycles. The SMILES string of the molecule is O=C(O)CC1(NC(=O)c2ncccc2Br)CCC1. The van der Waals surface area contributed by atoms with Crippen LogP contribution in [0.25, 0.3) is 0 Å². The number of carbonyl (C=O) groups excluding carboxylic acids is 1. The zero-order valence-corrected chi connectivity index (χ0v) is 11.2. The highest BCUT2D eigenvalue weighted by Crippen LogP contribution is 2.35. The second kappa shape index (κ2) is 5.06. The van der Waals surface area contributed by atoms with Crippen LogP contribution in [0.4, 0.5) is 0 Å². The second-order valence-corrected chi connectivity index (χ2v) is 5.35. The summed E-state index contributed by atoms with van der Waals surface area (Å²) in [5, 5.41) is 11.7. The number of hydrogen-bond acceptors (Lipinski definition) is 3. The minimum absolute atomic E-state index is 0.0385. The molecule has 1 fully saturated rings. The summed E-state index contributed by atoms with van der Waals surface area (Å²) in [6.45, 7) is 0. The van der Waals surface area contributed by atoms with Crippen LogP contribution in [-0.2, 0) is 4.79 Å². The predicted molar refractivity (Wildman–Crippen MR) is 68.2 cm³/mol. The summed E-state index contributed by atoms with van der Waals surface area (Å²) >= 11 is 3.26. The van der Waals surface area contributed by atoms with Gasteiger partial charge in [0.1, 0.15) is 5.69 Å². The maximum atomic E-state index is 12.1. The third-order valence-electron chi connectivity index (χ3n) is 3.15. The molecule has 1 amide bonds. The van der Waals surface area contributed by atoms with Crippen molar-refractivity contribution in [2.75, 3.05) is 0 Å². The Bertz CT molecular complexity index is 486. The van der Waals surface area contributed by atoms with Crippen LogP contribution < -0.4 is 5.32 Å². The van der Waals surface area contributed by atoms with Crippen LogP contribution in [0.3, 0.4) is 0 Å². The summed E-state index contributed by atoms with van der Waals surface area (Å²) in [6, 6.07) is 3.45. The predicted octanol–water partition coefficient (Wildman–Crippen LogP) is 1.97. The van der Waals surface area contributed by atoms with E-state index in [-0.39, 0.29) is 18.0 Å². The fourth-order valence-electron chi connectivity index (χ4n) is 2.09. The van der Waals surface area contributed by atoms with Gasteiger partial charge >= 0.3 is 5.97 Å². The van der Waals surface area contributed by atoms with Gasteiger partial charge in [0.2, 0.25) is 0 Å². The molecular weight excluding hydrogens is 300 g/mol. The van der Waals surface area contributed by atoms with Crippen LogP contribution in [0.1, 0.15) is 36.2 Å². The van der Waals surface area contributed by atoms with Gasteiger partial charge in [-0.2, -0.15) is 0 Å². The van der Waals surface area contributed by atoms with Crippen molar-refractivity contribution in [2.45, 2.75) is 31.2 Å². The van der Waals surface area contributed by atoms with E-state index in [0.29, 0.717) is 17.3 Å². The molecule has 5 nitrogen and oxygen atoms in total. The van der Waals surface area contributed by atoms with E-state index in [2.05, 4.69) is 26.2 Å². The number of amides is 1. The number of aromatic nitrogens is 1. The number of carbonyl (C=O) groups is 2. The number of aliphatic carboxylic acids is 1. The van der Waals surface area contributed by atoms with Crippen LogP contribution in [0.2, 0.25) is 0 Å². The number of carboxylic acids is 1. The van der Waals surface area contributed by atoms with Crippen molar-refractivity contribution in [2.24, 2.45) is 0 Å². The van der Waals surface area contributed by atoms with Gasteiger partial charge in [0, 0.05) is 10.7 Å². The van der Waals surface area contributed by atoms with E-state index in [1.54, 1.807) is 12.1 Å². The van der Waals surface area contributed by atoms with Crippen molar-refractivity contribution in [3.8, 4) is 0 Å². The molecule has 2 N–H and O–H groups in total. The molecule has 1 aromatic rings. The Hall–Kier alpha value is -1.43. The van der Waals surface area contributed by atoms with Gasteiger partial charge < -0.3 is 10.4 Å². The third-order valence-corrected chi connectivity index (χ3v) is 3.79. The molecule has 0 aromatic carbocycles. The van der Waals surface area contributed by atoms with Crippen LogP contribution >= 0.6 is 15.9 Å². The highest BCUT2D eigenvalue weighted by Gasteiger charge is 2.40. The molecule has 0 unspecified atom stereocenters. The number of hydrogen-bond donors (Lipinski definition) is 2. The minimum Gasteiger partial charge on any atom is -0.481 e. The summed E-state index contributed by atoms with van der Waals surface area (Å²) in [5.41, 5.74) is -0.311. The maximum Gasteiger partial charge on any atom is 0.305 e. The Morgan fingerprint density at radius 1 is 1.50 bits per heavy atom. The average molecular weight is 313 g/mol. The molecule has 1 aliphatic rings. The van der Waals surface area contributed by atoms with E-state index in [9.17, 15) is 9.59 Å².